The van der Waals surface area contributed by atoms with Crippen LogP contribution in [0.2, 0.25) is 0 Å². The number of para-hydroxylation sites is 1. The molecule has 0 atom stereocenters. The van der Waals surface area contributed by atoms with Crippen molar-refractivity contribution >= 4 is 23.2 Å². The highest BCUT2D eigenvalue weighted by Gasteiger charge is 2.08. The number of aromatic nitrogens is 1. The molecule has 0 saturated carbocycles. The molecule has 5 nitrogen and oxygen atoms in total. The van der Waals surface area contributed by atoms with Gasteiger partial charge < -0.3 is 10.6 Å². The minimum atomic E-state index is -0.195. The third kappa shape index (κ3) is 4.77. The molecule has 130 valence electrons. The van der Waals surface area contributed by atoms with Gasteiger partial charge in [0.1, 0.15) is 0 Å². The first-order valence-electron chi connectivity index (χ1n) is 8.28. The van der Waals surface area contributed by atoms with Gasteiger partial charge in [-0.25, -0.2) is 0 Å². The van der Waals surface area contributed by atoms with Gasteiger partial charge in [-0.2, -0.15) is 0 Å². The third-order valence-corrected chi connectivity index (χ3v) is 3.80. The van der Waals surface area contributed by atoms with Crippen LogP contribution in [0, 0.1) is 6.92 Å². The number of aryl methyl sites for hydroxylation is 1. The van der Waals surface area contributed by atoms with E-state index < -0.39 is 0 Å². The molecule has 0 aliphatic heterocycles. The number of nitrogens with one attached hydrogen (secondary N) is 2. The zero-order valence-corrected chi connectivity index (χ0v) is 14.4. The summed E-state index contributed by atoms with van der Waals surface area (Å²) < 4.78 is 0. The average molecular weight is 345 g/mol. The molecule has 2 N–H and O–H groups in total. The van der Waals surface area contributed by atoms with Gasteiger partial charge in [0.25, 0.3) is 5.91 Å². The maximum Gasteiger partial charge on any atom is 0.255 e. The van der Waals surface area contributed by atoms with Gasteiger partial charge in [-0.05, 0) is 55.0 Å². The predicted molar refractivity (Wildman–Crippen MR) is 102 cm³/mol. The molecule has 3 aromatic rings. The van der Waals surface area contributed by atoms with Gasteiger partial charge >= 0.3 is 0 Å². The molecular weight excluding hydrogens is 326 g/mol. The van der Waals surface area contributed by atoms with Crippen molar-refractivity contribution in [2.75, 3.05) is 10.6 Å². The van der Waals surface area contributed by atoms with Gasteiger partial charge in [0, 0.05) is 28.8 Å². The van der Waals surface area contributed by atoms with Crippen LogP contribution in [0.4, 0.5) is 11.4 Å². The van der Waals surface area contributed by atoms with Crippen molar-refractivity contribution in [2.45, 2.75) is 13.3 Å². The lowest BCUT2D eigenvalue weighted by molar-refractivity contribution is -0.115. The second-order valence-electron chi connectivity index (χ2n) is 5.93. The number of carbonyl (C=O) groups is 2. The first-order chi connectivity index (χ1) is 12.6. The number of nitrogens with zero attached hydrogens (tertiary/aromatic N) is 1. The van der Waals surface area contributed by atoms with Crippen LogP contribution in [0.5, 0.6) is 0 Å². The maximum atomic E-state index is 12.2. The predicted octanol–water partition coefficient (Wildman–Crippen LogP) is 3.82. The number of rotatable bonds is 5. The molecule has 0 radical (unpaired) electrons. The topological polar surface area (TPSA) is 71.1 Å². The Balaban J connectivity index is 1.57. The van der Waals surface area contributed by atoms with Gasteiger partial charge in [0.15, 0.2) is 0 Å². The SMILES string of the molecule is Cc1ccc(CC(=O)Nc2ccc(C(=O)Nc3ccccc3)cc2)cn1. The van der Waals surface area contributed by atoms with Gasteiger partial charge in [-0.1, -0.05) is 24.3 Å². The van der Waals surface area contributed by atoms with Crippen LogP contribution >= 0.6 is 0 Å². The second-order valence-corrected chi connectivity index (χ2v) is 5.93. The highest BCUT2D eigenvalue weighted by Crippen LogP contribution is 2.13. The quantitative estimate of drug-likeness (QED) is 0.738. The summed E-state index contributed by atoms with van der Waals surface area (Å²) in [5.41, 5.74) is 3.67. The van der Waals surface area contributed by atoms with E-state index in [4.69, 9.17) is 0 Å². The van der Waals surface area contributed by atoms with Gasteiger partial charge in [-0.3, -0.25) is 14.6 Å². The number of hydrogen-bond donors (Lipinski definition) is 2. The standard InChI is InChI=1S/C21H19N3O2/c1-15-7-8-16(14-22-15)13-20(25)23-19-11-9-17(10-12-19)21(26)24-18-5-3-2-4-6-18/h2-12,14H,13H2,1H3,(H,23,25)(H,24,26). The summed E-state index contributed by atoms with van der Waals surface area (Å²) in [6, 6.07) is 19.8. The number of anilines is 2. The lowest BCUT2D eigenvalue weighted by atomic mass is 10.1. The fourth-order valence-electron chi connectivity index (χ4n) is 2.42. The molecule has 0 aliphatic rings. The molecule has 3 rings (SSSR count). The largest absolute Gasteiger partial charge is 0.326 e. The lowest BCUT2D eigenvalue weighted by Gasteiger charge is -2.08. The van der Waals surface area contributed by atoms with Crippen molar-refractivity contribution in [3.8, 4) is 0 Å². The molecule has 0 fully saturated rings. The van der Waals surface area contributed by atoms with E-state index in [1.54, 1.807) is 30.5 Å². The van der Waals surface area contributed by atoms with E-state index in [0.29, 0.717) is 11.3 Å². The molecule has 5 heteroatoms. The molecule has 0 aliphatic carbocycles. The van der Waals surface area contributed by atoms with E-state index in [2.05, 4.69) is 15.6 Å². The van der Waals surface area contributed by atoms with E-state index in [9.17, 15) is 9.59 Å². The van der Waals surface area contributed by atoms with Crippen LogP contribution in [0.3, 0.4) is 0 Å². The van der Waals surface area contributed by atoms with Crippen LogP contribution in [-0.2, 0) is 11.2 Å². The Morgan fingerprint density at radius 3 is 2.19 bits per heavy atom. The molecule has 26 heavy (non-hydrogen) atoms. The summed E-state index contributed by atoms with van der Waals surface area (Å²) in [7, 11) is 0. The summed E-state index contributed by atoms with van der Waals surface area (Å²) in [6.07, 6.45) is 1.95. The minimum absolute atomic E-state index is 0.128. The second kappa shape index (κ2) is 8.07. The molecule has 0 bridgehead atoms. The number of benzene rings is 2. The Morgan fingerprint density at radius 1 is 0.846 bits per heavy atom. The molecule has 0 saturated heterocycles. The number of amides is 2. The van der Waals surface area contributed by atoms with Crippen LogP contribution in [0.15, 0.2) is 72.9 Å². The fraction of sp³-hybridized carbons (Fsp3) is 0.0952. The van der Waals surface area contributed by atoms with Crippen molar-refractivity contribution in [3.05, 3.63) is 89.7 Å². The van der Waals surface area contributed by atoms with Crippen molar-refractivity contribution < 1.29 is 9.59 Å². The van der Waals surface area contributed by atoms with Crippen LogP contribution < -0.4 is 10.6 Å². The first-order valence-corrected chi connectivity index (χ1v) is 8.28. The van der Waals surface area contributed by atoms with Crippen LogP contribution in [0.25, 0.3) is 0 Å². The Kier molecular flexibility index (Phi) is 5.39. The van der Waals surface area contributed by atoms with Crippen molar-refractivity contribution in [1.29, 1.82) is 0 Å². The summed E-state index contributed by atoms with van der Waals surface area (Å²) in [5, 5.41) is 5.64. The Morgan fingerprint density at radius 2 is 1.54 bits per heavy atom. The number of hydrogen-bond acceptors (Lipinski definition) is 3. The molecule has 2 aromatic carbocycles. The monoisotopic (exact) mass is 345 g/mol. The fourth-order valence-corrected chi connectivity index (χ4v) is 2.42. The molecule has 1 heterocycles. The molecule has 0 unspecified atom stereocenters. The smallest absolute Gasteiger partial charge is 0.255 e. The Hall–Kier alpha value is -3.47. The molecule has 1 aromatic heterocycles. The van der Waals surface area contributed by atoms with Crippen molar-refractivity contribution in [1.82, 2.24) is 4.98 Å². The van der Waals surface area contributed by atoms with Crippen LogP contribution in [0.1, 0.15) is 21.6 Å². The van der Waals surface area contributed by atoms with Gasteiger partial charge in [-0.15, -0.1) is 0 Å². The summed E-state index contributed by atoms with van der Waals surface area (Å²) in [5.74, 6) is -0.322. The minimum Gasteiger partial charge on any atom is -0.326 e. The van der Waals surface area contributed by atoms with E-state index in [1.165, 1.54) is 0 Å². The molecule has 0 spiro atoms. The van der Waals surface area contributed by atoms with E-state index in [0.717, 1.165) is 16.9 Å². The average Bonchev–Trinajstić information content (AvgIpc) is 2.65. The van der Waals surface area contributed by atoms with Gasteiger partial charge in [0.05, 0.1) is 6.42 Å². The number of carbonyl (C=O) groups excluding carboxylic acids is 2. The number of pyridine rings is 1. The van der Waals surface area contributed by atoms with Crippen LogP contribution in [-0.4, -0.2) is 16.8 Å². The molecule has 2 amide bonds. The van der Waals surface area contributed by atoms with Crippen molar-refractivity contribution in [2.24, 2.45) is 0 Å². The van der Waals surface area contributed by atoms with Gasteiger partial charge in [0.2, 0.25) is 5.91 Å². The normalized spacial score (nSPS) is 10.2. The van der Waals surface area contributed by atoms with E-state index >= 15 is 0 Å². The summed E-state index contributed by atoms with van der Waals surface area (Å²) in [6.45, 7) is 1.90. The first kappa shape index (κ1) is 17.4. The maximum absolute atomic E-state index is 12.2. The highest BCUT2D eigenvalue weighted by molar-refractivity contribution is 6.04. The van der Waals surface area contributed by atoms with Crippen molar-refractivity contribution in [3.63, 3.8) is 0 Å². The Labute approximate surface area is 152 Å². The van der Waals surface area contributed by atoms with E-state index in [-0.39, 0.29) is 18.2 Å². The zero-order chi connectivity index (χ0) is 18.4. The summed E-state index contributed by atoms with van der Waals surface area (Å²) >= 11 is 0. The van der Waals surface area contributed by atoms with E-state index in [1.807, 2.05) is 49.4 Å². The lowest BCUT2D eigenvalue weighted by Crippen LogP contribution is -2.15. The zero-order valence-electron chi connectivity index (χ0n) is 14.4. The third-order valence-electron chi connectivity index (χ3n) is 3.80. The summed E-state index contributed by atoms with van der Waals surface area (Å²) in [4.78, 5) is 28.5. The molecular formula is C21H19N3O2. The Bertz CT molecular complexity index is 889. The highest BCUT2D eigenvalue weighted by atomic mass is 16.2.